The van der Waals surface area contributed by atoms with Gasteiger partial charge in [0.25, 0.3) is 0 Å². The van der Waals surface area contributed by atoms with Crippen molar-refractivity contribution in [1.82, 2.24) is 0 Å². The molecule has 4 rings (SSSR count). The first-order chi connectivity index (χ1) is 19.3. The molecule has 9 heteroatoms. The van der Waals surface area contributed by atoms with Crippen molar-refractivity contribution in [3.05, 3.63) is 76.4 Å². The third kappa shape index (κ3) is 7.80. The Labute approximate surface area is 242 Å². The standard InChI is InChI=1S/C32H42O8Si/c1-20(33)15-28-30(39-28)27(37-19-21-11-13-23(36-5)14-12-21)10-8-9-24-16-22-17-25(40-41(6,7)32(2,3)4)18-26(34)29(22)31(35)38-24/h8,10-14,16-18,20,27-28,30,33-34H,9,15,19H2,1-7H3/b10-8+/t20-,27?,28+,30+/m0/s1. The topological polar surface area (TPSA) is 111 Å². The lowest BCUT2D eigenvalue weighted by molar-refractivity contribution is 0.0524. The number of methoxy groups -OCH3 is 1. The van der Waals surface area contributed by atoms with Crippen LogP contribution >= 0.6 is 0 Å². The Balaban J connectivity index is 1.51. The summed E-state index contributed by atoms with van der Waals surface area (Å²) in [6.07, 6.45) is 3.61. The number of aromatic hydroxyl groups is 1. The number of phenolic OH excluding ortho intramolecular Hbond substituents is 1. The van der Waals surface area contributed by atoms with E-state index in [1.807, 2.05) is 36.4 Å². The van der Waals surface area contributed by atoms with E-state index in [4.69, 9.17) is 23.1 Å². The van der Waals surface area contributed by atoms with Crippen molar-refractivity contribution in [2.75, 3.05) is 7.11 Å². The number of hydrogen-bond donors (Lipinski definition) is 2. The van der Waals surface area contributed by atoms with Crippen molar-refractivity contribution in [2.45, 2.75) is 89.7 Å². The van der Waals surface area contributed by atoms with Gasteiger partial charge in [0.1, 0.15) is 40.6 Å². The molecule has 1 aliphatic rings. The highest BCUT2D eigenvalue weighted by Crippen LogP contribution is 2.39. The summed E-state index contributed by atoms with van der Waals surface area (Å²) in [5, 5.41) is 21.1. The van der Waals surface area contributed by atoms with Gasteiger partial charge >= 0.3 is 5.63 Å². The van der Waals surface area contributed by atoms with E-state index in [1.54, 1.807) is 26.2 Å². The predicted octanol–water partition coefficient (Wildman–Crippen LogP) is 6.11. The fourth-order valence-corrected chi connectivity index (χ4v) is 5.42. The zero-order chi connectivity index (χ0) is 29.9. The molecule has 8 nitrogen and oxygen atoms in total. The van der Waals surface area contributed by atoms with Crippen LogP contribution in [0.25, 0.3) is 10.8 Å². The van der Waals surface area contributed by atoms with Gasteiger partial charge in [-0.2, -0.15) is 0 Å². The average Bonchev–Trinajstić information content (AvgIpc) is 3.63. The lowest BCUT2D eigenvalue weighted by Gasteiger charge is -2.36. The second-order valence-electron chi connectivity index (χ2n) is 12.2. The number of allylic oxidation sites excluding steroid dienone is 1. The third-order valence-corrected chi connectivity index (χ3v) is 12.2. The van der Waals surface area contributed by atoms with E-state index in [-0.39, 0.29) is 34.5 Å². The number of hydrogen-bond acceptors (Lipinski definition) is 8. The molecule has 2 heterocycles. The van der Waals surface area contributed by atoms with E-state index in [0.717, 1.165) is 11.3 Å². The second kappa shape index (κ2) is 12.4. The Morgan fingerprint density at radius 1 is 1.10 bits per heavy atom. The molecule has 4 atom stereocenters. The molecule has 0 aliphatic carbocycles. The number of rotatable bonds is 12. The molecule has 3 aromatic rings. The lowest BCUT2D eigenvalue weighted by atomic mass is 10.1. The molecule has 1 aromatic heterocycles. The normalized spacial score (nSPS) is 18.9. The first-order valence-corrected chi connectivity index (χ1v) is 16.9. The Hall–Kier alpha value is -3.11. The van der Waals surface area contributed by atoms with Crippen LogP contribution in [0.3, 0.4) is 0 Å². The van der Waals surface area contributed by atoms with Gasteiger partial charge in [0, 0.05) is 18.9 Å². The Morgan fingerprint density at radius 2 is 1.80 bits per heavy atom. The van der Waals surface area contributed by atoms with E-state index < -0.39 is 20.0 Å². The highest BCUT2D eigenvalue weighted by atomic mass is 28.4. The van der Waals surface area contributed by atoms with E-state index in [9.17, 15) is 15.0 Å². The SMILES string of the molecule is COc1ccc(COC(/C=C/Cc2cc3cc(O[Si](C)(C)C(C)(C)C)cc(O)c3c(=O)o2)[C@H]2O[C@@H]2C[C@H](C)O)cc1. The summed E-state index contributed by atoms with van der Waals surface area (Å²) in [5.41, 5.74) is 0.394. The van der Waals surface area contributed by atoms with E-state index in [2.05, 4.69) is 33.9 Å². The Kier molecular flexibility index (Phi) is 9.33. The Bertz CT molecular complexity index is 1420. The molecule has 0 bridgehead atoms. The molecule has 0 spiro atoms. The van der Waals surface area contributed by atoms with Gasteiger partial charge in [0.2, 0.25) is 8.32 Å². The minimum atomic E-state index is -2.15. The van der Waals surface area contributed by atoms with Gasteiger partial charge in [-0.05, 0) is 60.3 Å². The average molecular weight is 583 g/mol. The predicted molar refractivity (Wildman–Crippen MR) is 161 cm³/mol. The van der Waals surface area contributed by atoms with Crippen molar-refractivity contribution in [3.8, 4) is 17.2 Å². The summed E-state index contributed by atoms with van der Waals surface area (Å²) in [6.45, 7) is 12.8. The smallest absolute Gasteiger partial charge is 0.347 e. The van der Waals surface area contributed by atoms with Crippen molar-refractivity contribution in [3.63, 3.8) is 0 Å². The zero-order valence-electron chi connectivity index (χ0n) is 25.0. The summed E-state index contributed by atoms with van der Waals surface area (Å²) in [6, 6.07) is 12.7. The fraction of sp³-hybridized carbons (Fsp3) is 0.469. The van der Waals surface area contributed by atoms with Gasteiger partial charge in [-0.25, -0.2) is 4.79 Å². The number of aliphatic hydroxyl groups is 1. The van der Waals surface area contributed by atoms with Gasteiger partial charge in [-0.15, -0.1) is 0 Å². The number of benzene rings is 2. The van der Waals surface area contributed by atoms with Crippen LogP contribution in [0.1, 0.15) is 45.4 Å². The Morgan fingerprint density at radius 3 is 2.44 bits per heavy atom. The maximum absolute atomic E-state index is 12.8. The number of fused-ring (bicyclic) bond motifs is 1. The van der Waals surface area contributed by atoms with Crippen molar-refractivity contribution >= 4 is 19.1 Å². The molecule has 2 aromatic carbocycles. The monoisotopic (exact) mass is 582 g/mol. The molecule has 2 N–H and O–H groups in total. The van der Waals surface area contributed by atoms with Crippen LogP contribution in [0.5, 0.6) is 17.2 Å². The van der Waals surface area contributed by atoms with Crippen LogP contribution in [0.15, 0.2) is 63.8 Å². The number of epoxide rings is 1. The van der Waals surface area contributed by atoms with Gasteiger partial charge in [0.05, 0.1) is 25.9 Å². The first kappa shape index (κ1) is 30.8. The maximum atomic E-state index is 12.8. The van der Waals surface area contributed by atoms with Gasteiger partial charge < -0.3 is 33.3 Å². The number of aliphatic hydroxyl groups excluding tert-OH is 1. The van der Waals surface area contributed by atoms with E-state index in [1.165, 1.54) is 6.07 Å². The second-order valence-corrected chi connectivity index (χ2v) is 17.0. The van der Waals surface area contributed by atoms with Crippen molar-refractivity contribution in [1.29, 1.82) is 0 Å². The quantitative estimate of drug-likeness (QED) is 0.149. The summed E-state index contributed by atoms with van der Waals surface area (Å²) >= 11 is 0. The minimum absolute atomic E-state index is 0.0191. The summed E-state index contributed by atoms with van der Waals surface area (Å²) in [7, 11) is -0.520. The van der Waals surface area contributed by atoms with Gasteiger partial charge in [-0.1, -0.05) is 45.1 Å². The van der Waals surface area contributed by atoms with Gasteiger partial charge in [0.15, 0.2) is 0 Å². The summed E-state index contributed by atoms with van der Waals surface area (Å²) in [4.78, 5) is 12.8. The molecular formula is C32H42O8Si. The molecule has 1 unspecified atom stereocenters. The van der Waals surface area contributed by atoms with Crippen molar-refractivity contribution in [2.24, 2.45) is 0 Å². The maximum Gasteiger partial charge on any atom is 0.347 e. The van der Waals surface area contributed by atoms with Crippen LogP contribution in [0.4, 0.5) is 0 Å². The molecule has 1 fully saturated rings. The summed E-state index contributed by atoms with van der Waals surface area (Å²) in [5.74, 6) is 1.61. The number of phenols is 1. The van der Waals surface area contributed by atoms with Crippen LogP contribution in [-0.4, -0.2) is 50.1 Å². The van der Waals surface area contributed by atoms with Crippen LogP contribution in [0.2, 0.25) is 18.1 Å². The minimum Gasteiger partial charge on any atom is -0.543 e. The van der Waals surface area contributed by atoms with E-state index >= 15 is 0 Å². The third-order valence-electron chi connectivity index (χ3n) is 7.81. The number of ether oxygens (including phenoxy) is 3. The van der Waals surface area contributed by atoms with Gasteiger partial charge in [-0.3, -0.25) is 0 Å². The molecule has 1 saturated heterocycles. The largest absolute Gasteiger partial charge is 0.543 e. The molecule has 0 amide bonds. The zero-order valence-corrected chi connectivity index (χ0v) is 26.0. The highest BCUT2D eigenvalue weighted by Gasteiger charge is 2.45. The molecule has 1 aliphatic heterocycles. The van der Waals surface area contributed by atoms with Crippen LogP contribution in [0, 0.1) is 0 Å². The van der Waals surface area contributed by atoms with Crippen LogP contribution in [-0.2, 0) is 22.5 Å². The summed E-state index contributed by atoms with van der Waals surface area (Å²) < 4.78 is 29.1. The molecule has 222 valence electrons. The lowest BCUT2D eigenvalue weighted by Crippen LogP contribution is -2.43. The molecule has 41 heavy (non-hydrogen) atoms. The highest BCUT2D eigenvalue weighted by molar-refractivity contribution is 6.74. The molecule has 0 saturated carbocycles. The fourth-order valence-electron chi connectivity index (χ4n) is 4.40. The molecule has 0 radical (unpaired) electrons. The van der Waals surface area contributed by atoms with Crippen molar-refractivity contribution < 1.29 is 33.3 Å². The van der Waals surface area contributed by atoms with E-state index in [0.29, 0.717) is 36.3 Å². The first-order valence-electron chi connectivity index (χ1n) is 14.0. The van der Waals surface area contributed by atoms with Crippen LogP contribution < -0.4 is 14.8 Å². The molecular weight excluding hydrogens is 540 g/mol.